The van der Waals surface area contributed by atoms with Crippen molar-refractivity contribution in [2.24, 2.45) is 5.92 Å². The maximum atomic E-state index is 2.58. The van der Waals surface area contributed by atoms with Crippen molar-refractivity contribution in [3.05, 3.63) is 193 Å². The van der Waals surface area contributed by atoms with Gasteiger partial charge in [-0.05, 0) is 74.6 Å². The largest absolute Gasteiger partial charge is 0.309 e. The molecule has 1 aliphatic carbocycles. The average molecular weight is 700 g/mol. The van der Waals surface area contributed by atoms with E-state index < -0.39 is 8.07 Å². The molecule has 2 atom stereocenters. The Labute approximate surface area is 309 Å². The second kappa shape index (κ2) is 12.5. The third kappa shape index (κ3) is 4.81. The van der Waals surface area contributed by atoms with Crippen LogP contribution in [0.4, 0.5) is 0 Å². The van der Waals surface area contributed by atoms with Gasteiger partial charge in [0.2, 0.25) is 0 Å². The molecule has 1 aliphatic rings. The van der Waals surface area contributed by atoms with Crippen molar-refractivity contribution in [3.63, 3.8) is 0 Å². The van der Waals surface area contributed by atoms with Gasteiger partial charge in [0.05, 0.1) is 11.0 Å². The Morgan fingerprint density at radius 2 is 1.17 bits per heavy atom. The Balaban J connectivity index is 1.26. The molecule has 0 saturated carbocycles. The SMILES string of the molecule is CC1C=C([Si](c2ccccc2)(c2cccc(-c3cccc4c3sc3ccccc34)c2)c2cccc(-n3c4ccccc4c4ccccc43)c2)C=CC1. The number of allylic oxidation sites excluding steroid dienone is 4. The first-order valence-corrected chi connectivity index (χ1v) is 21.1. The molecule has 10 rings (SSSR count). The monoisotopic (exact) mass is 699 g/mol. The topological polar surface area (TPSA) is 4.93 Å². The predicted octanol–water partition coefficient (Wildman–Crippen LogP) is 11.4. The first kappa shape index (κ1) is 31.0. The number of fused-ring (bicyclic) bond motifs is 6. The summed E-state index contributed by atoms with van der Waals surface area (Å²) in [5.74, 6) is 0.464. The lowest BCUT2D eigenvalue weighted by Crippen LogP contribution is -2.68. The van der Waals surface area contributed by atoms with Gasteiger partial charge < -0.3 is 4.57 Å². The predicted molar refractivity (Wildman–Crippen MR) is 228 cm³/mol. The normalized spacial score (nSPS) is 15.7. The first-order valence-electron chi connectivity index (χ1n) is 18.2. The minimum Gasteiger partial charge on any atom is -0.309 e. The van der Waals surface area contributed by atoms with Gasteiger partial charge in [0.15, 0.2) is 8.07 Å². The van der Waals surface area contributed by atoms with Crippen LogP contribution < -0.4 is 15.6 Å². The second-order valence-corrected chi connectivity index (χ2v) is 19.0. The minimum absolute atomic E-state index is 0.464. The summed E-state index contributed by atoms with van der Waals surface area (Å²) in [6, 6.07) is 63.7. The summed E-state index contributed by atoms with van der Waals surface area (Å²) >= 11 is 1.91. The summed E-state index contributed by atoms with van der Waals surface area (Å²) in [5, 5.41) is 10.9. The van der Waals surface area contributed by atoms with Gasteiger partial charge in [0, 0.05) is 36.6 Å². The molecule has 0 radical (unpaired) electrons. The van der Waals surface area contributed by atoms with Crippen LogP contribution in [0.2, 0.25) is 0 Å². The van der Waals surface area contributed by atoms with Crippen LogP contribution in [-0.4, -0.2) is 12.6 Å². The number of hydrogen-bond acceptors (Lipinski definition) is 1. The van der Waals surface area contributed by atoms with E-state index >= 15 is 0 Å². The fourth-order valence-electron chi connectivity index (χ4n) is 8.75. The average Bonchev–Trinajstić information content (AvgIpc) is 3.75. The Morgan fingerprint density at radius 1 is 0.558 bits per heavy atom. The van der Waals surface area contributed by atoms with Crippen LogP contribution in [0.5, 0.6) is 0 Å². The van der Waals surface area contributed by atoms with Crippen LogP contribution in [0.15, 0.2) is 193 Å². The summed E-state index contributed by atoms with van der Waals surface area (Å²) in [6.45, 7) is 2.36. The zero-order valence-electron chi connectivity index (χ0n) is 29.0. The molecule has 2 aromatic heterocycles. The zero-order chi connectivity index (χ0) is 34.6. The van der Waals surface area contributed by atoms with E-state index in [0.717, 1.165) is 6.42 Å². The molecular formula is C49H37NSSi. The number of thiophene rings is 1. The third-order valence-electron chi connectivity index (χ3n) is 11.0. The Bertz CT molecular complexity index is 2800. The van der Waals surface area contributed by atoms with E-state index in [9.17, 15) is 0 Å². The van der Waals surface area contributed by atoms with Gasteiger partial charge in [-0.25, -0.2) is 0 Å². The second-order valence-electron chi connectivity index (χ2n) is 14.1. The number of rotatable bonds is 6. The molecule has 0 bridgehead atoms. The van der Waals surface area contributed by atoms with Gasteiger partial charge in [-0.1, -0.05) is 165 Å². The summed E-state index contributed by atoms with van der Waals surface area (Å²) in [6.07, 6.45) is 8.50. The molecule has 52 heavy (non-hydrogen) atoms. The summed E-state index contributed by atoms with van der Waals surface area (Å²) < 4.78 is 5.15. The van der Waals surface area contributed by atoms with Crippen LogP contribution in [0.25, 0.3) is 58.8 Å². The van der Waals surface area contributed by atoms with Gasteiger partial charge in [0.1, 0.15) is 0 Å². The van der Waals surface area contributed by atoms with Crippen LogP contribution in [0.1, 0.15) is 13.3 Å². The summed E-state index contributed by atoms with van der Waals surface area (Å²) in [4.78, 5) is 0. The summed E-state index contributed by atoms with van der Waals surface area (Å²) in [5.41, 5.74) is 6.24. The molecule has 7 aromatic carbocycles. The maximum Gasteiger partial charge on any atom is 0.179 e. The molecule has 3 heteroatoms. The van der Waals surface area contributed by atoms with Crippen molar-refractivity contribution in [1.29, 1.82) is 0 Å². The fourth-order valence-corrected chi connectivity index (χ4v) is 15.0. The van der Waals surface area contributed by atoms with Crippen molar-refractivity contribution in [1.82, 2.24) is 4.57 Å². The molecule has 0 N–H and O–H groups in total. The lowest BCUT2D eigenvalue weighted by Gasteiger charge is -2.37. The quantitative estimate of drug-likeness (QED) is 0.120. The fraction of sp³-hybridized carbons (Fsp3) is 0.0612. The minimum atomic E-state index is -2.84. The highest BCUT2D eigenvalue weighted by Crippen LogP contribution is 2.40. The van der Waals surface area contributed by atoms with Gasteiger partial charge in [-0.15, -0.1) is 11.3 Å². The van der Waals surface area contributed by atoms with Crippen molar-refractivity contribution in [3.8, 4) is 16.8 Å². The van der Waals surface area contributed by atoms with Crippen LogP contribution in [0.3, 0.4) is 0 Å². The molecule has 248 valence electrons. The van der Waals surface area contributed by atoms with Gasteiger partial charge >= 0.3 is 0 Å². The Morgan fingerprint density at radius 3 is 1.94 bits per heavy atom. The van der Waals surface area contributed by atoms with Crippen molar-refractivity contribution < 1.29 is 0 Å². The number of para-hydroxylation sites is 2. The molecule has 0 saturated heterocycles. The number of benzene rings is 7. The highest BCUT2D eigenvalue weighted by molar-refractivity contribution is 7.26. The van der Waals surface area contributed by atoms with E-state index in [1.807, 2.05) is 11.3 Å². The molecular weight excluding hydrogens is 663 g/mol. The third-order valence-corrected chi connectivity index (χ3v) is 17.0. The highest BCUT2D eigenvalue weighted by atomic mass is 32.1. The lowest BCUT2D eigenvalue weighted by molar-refractivity contribution is 0.734. The highest BCUT2D eigenvalue weighted by Gasteiger charge is 2.43. The van der Waals surface area contributed by atoms with Gasteiger partial charge in [0.25, 0.3) is 0 Å². The Hall–Kier alpha value is -5.74. The van der Waals surface area contributed by atoms with Crippen molar-refractivity contribution >= 4 is 76.9 Å². The molecule has 2 unspecified atom stereocenters. The van der Waals surface area contributed by atoms with E-state index in [1.54, 1.807) is 0 Å². The molecule has 1 nitrogen and oxygen atoms in total. The number of aromatic nitrogens is 1. The molecule has 0 amide bonds. The van der Waals surface area contributed by atoms with Crippen molar-refractivity contribution in [2.75, 3.05) is 0 Å². The molecule has 9 aromatic rings. The van der Waals surface area contributed by atoms with Crippen molar-refractivity contribution in [2.45, 2.75) is 13.3 Å². The van der Waals surface area contributed by atoms with Gasteiger partial charge in [-0.2, -0.15) is 0 Å². The smallest absolute Gasteiger partial charge is 0.179 e. The van der Waals surface area contributed by atoms with E-state index in [4.69, 9.17) is 0 Å². The van der Waals surface area contributed by atoms with E-state index in [2.05, 4.69) is 200 Å². The Kier molecular flexibility index (Phi) is 7.45. The molecule has 0 fully saturated rings. The van der Waals surface area contributed by atoms with Crippen LogP contribution >= 0.6 is 11.3 Å². The van der Waals surface area contributed by atoms with Gasteiger partial charge in [-0.3, -0.25) is 0 Å². The standard InChI is InChI=1S/C49H37NSSi/c1-34-15-11-20-38(31-34)52(37-18-3-2-4-19-37,39-21-12-16-35(32-39)41-26-14-27-45-44-25-7-10-30-48(44)51-49(41)45)40-22-13-17-36(33-40)50-46-28-8-5-23-42(46)43-24-6-9-29-47(43)50/h2-14,16-34H,15H2,1H3. The molecule has 2 heterocycles. The lowest BCUT2D eigenvalue weighted by atomic mass is 10.0. The summed E-state index contributed by atoms with van der Waals surface area (Å²) in [7, 11) is -2.84. The molecule has 0 spiro atoms. The zero-order valence-corrected chi connectivity index (χ0v) is 30.9. The number of nitrogens with zero attached hydrogens (tertiary/aromatic N) is 1. The van der Waals surface area contributed by atoms with E-state index in [-0.39, 0.29) is 0 Å². The van der Waals surface area contributed by atoms with Crippen LogP contribution in [-0.2, 0) is 0 Å². The van der Waals surface area contributed by atoms with E-state index in [1.165, 1.54) is 79.5 Å². The number of hydrogen-bond donors (Lipinski definition) is 0. The van der Waals surface area contributed by atoms with Crippen LogP contribution in [0, 0.1) is 5.92 Å². The maximum absolute atomic E-state index is 2.84. The first-order chi connectivity index (χ1) is 25.7. The van der Waals surface area contributed by atoms with E-state index in [0.29, 0.717) is 5.92 Å². The molecule has 0 aliphatic heterocycles.